The molecule has 5 rings (SSSR count). The predicted molar refractivity (Wildman–Crippen MR) is 111 cm³/mol. The van der Waals surface area contributed by atoms with Crippen LogP contribution >= 0.6 is 0 Å². The molecular formula is C22H22N6O. The molecule has 5 heterocycles. The Balaban J connectivity index is 1.42. The first-order chi connectivity index (χ1) is 14.1. The number of carbonyl (C=O) groups excluding carboxylic acids is 1. The van der Waals surface area contributed by atoms with Crippen LogP contribution in [0, 0.1) is 13.8 Å². The second-order valence-corrected chi connectivity index (χ2v) is 7.62. The van der Waals surface area contributed by atoms with Gasteiger partial charge in [0, 0.05) is 43.3 Å². The van der Waals surface area contributed by atoms with Gasteiger partial charge in [-0.2, -0.15) is 0 Å². The van der Waals surface area contributed by atoms with Crippen LogP contribution in [0.3, 0.4) is 0 Å². The van der Waals surface area contributed by atoms with E-state index in [4.69, 9.17) is 4.98 Å². The van der Waals surface area contributed by atoms with E-state index in [2.05, 4.69) is 31.6 Å². The van der Waals surface area contributed by atoms with Crippen molar-refractivity contribution in [3.05, 3.63) is 70.4 Å². The van der Waals surface area contributed by atoms with Gasteiger partial charge in [-0.15, -0.1) is 0 Å². The molecule has 29 heavy (non-hydrogen) atoms. The molecular weight excluding hydrogens is 364 g/mol. The first-order valence-corrected chi connectivity index (χ1v) is 9.77. The normalized spacial score (nSPS) is 15.0. The first-order valence-electron chi connectivity index (χ1n) is 9.77. The van der Waals surface area contributed by atoms with Gasteiger partial charge in [-0.05, 0) is 48.7 Å². The second-order valence-electron chi connectivity index (χ2n) is 7.62. The highest BCUT2D eigenvalue weighted by Crippen LogP contribution is 2.29. The minimum absolute atomic E-state index is 0.0301. The van der Waals surface area contributed by atoms with Gasteiger partial charge < -0.3 is 15.5 Å². The van der Waals surface area contributed by atoms with Crippen molar-refractivity contribution < 1.29 is 4.79 Å². The molecule has 0 aliphatic carbocycles. The molecule has 7 heteroatoms. The van der Waals surface area contributed by atoms with Crippen molar-refractivity contribution in [1.82, 2.24) is 20.3 Å². The second kappa shape index (κ2) is 6.84. The Hall–Kier alpha value is -3.48. The Morgan fingerprint density at radius 3 is 2.90 bits per heavy atom. The van der Waals surface area contributed by atoms with Crippen LogP contribution < -0.4 is 15.5 Å². The number of hydrogen-bond acceptors (Lipinski definition) is 6. The maximum Gasteiger partial charge on any atom is 0.253 e. The molecule has 7 nitrogen and oxygen atoms in total. The SMILES string of the molecule is Cc1cnccc1Nc1cnc2c(c1)CN(c1nc3c(cc1C)C(=O)NC3)CC2. The van der Waals surface area contributed by atoms with E-state index < -0.39 is 0 Å². The van der Waals surface area contributed by atoms with Crippen LogP contribution in [0.15, 0.2) is 36.8 Å². The highest BCUT2D eigenvalue weighted by molar-refractivity contribution is 5.98. The summed E-state index contributed by atoms with van der Waals surface area (Å²) in [7, 11) is 0. The average molecular weight is 386 g/mol. The van der Waals surface area contributed by atoms with Crippen molar-refractivity contribution in [2.24, 2.45) is 0 Å². The van der Waals surface area contributed by atoms with Gasteiger partial charge in [-0.25, -0.2) is 4.98 Å². The Labute approximate surface area is 169 Å². The van der Waals surface area contributed by atoms with Crippen molar-refractivity contribution in [3.63, 3.8) is 0 Å². The predicted octanol–water partition coefficient (Wildman–Crippen LogP) is 3.04. The van der Waals surface area contributed by atoms with E-state index in [0.29, 0.717) is 12.1 Å². The van der Waals surface area contributed by atoms with Gasteiger partial charge in [0.1, 0.15) is 5.82 Å². The summed E-state index contributed by atoms with van der Waals surface area (Å²) in [6, 6.07) is 6.09. The number of amides is 1. The van der Waals surface area contributed by atoms with E-state index in [1.807, 2.05) is 38.4 Å². The summed E-state index contributed by atoms with van der Waals surface area (Å²) < 4.78 is 0. The molecule has 3 aromatic rings. The van der Waals surface area contributed by atoms with E-state index in [9.17, 15) is 4.79 Å². The van der Waals surface area contributed by atoms with Crippen LogP contribution in [0.2, 0.25) is 0 Å². The van der Waals surface area contributed by atoms with Crippen LogP contribution in [0.4, 0.5) is 17.2 Å². The molecule has 2 aliphatic rings. The number of nitrogens with zero attached hydrogens (tertiary/aromatic N) is 4. The Kier molecular flexibility index (Phi) is 4.16. The third kappa shape index (κ3) is 3.18. The number of aryl methyl sites for hydroxylation is 2. The van der Waals surface area contributed by atoms with Gasteiger partial charge in [0.25, 0.3) is 5.91 Å². The molecule has 146 valence electrons. The zero-order valence-electron chi connectivity index (χ0n) is 16.5. The molecule has 0 radical (unpaired) electrons. The molecule has 2 aliphatic heterocycles. The number of hydrogen-bond donors (Lipinski definition) is 2. The largest absolute Gasteiger partial charge is 0.354 e. The molecule has 0 aromatic carbocycles. The fraction of sp³-hybridized carbons (Fsp3) is 0.273. The summed E-state index contributed by atoms with van der Waals surface area (Å²) in [5.41, 5.74) is 7.98. The molecule has 2 N–H and O–H groups in total. The fourth-order valence-corrected chi connectivity index (χ4v) is 4.00. The van der Waals surface area contributed by atoms with Crippen molar-refractivity contribution in [2.45, 2.75) is 33.4 Å². The summed E-state index contributed by atoms with van der Waals surface area (Å²) in [5, 5.41) is 6.30. The van der Waals surface area contributed by atoms with Gasteiger partial charge in [0.2, 0.25) is 0 Å². The zero-order valence-corrected chi connectivity index (χ0v) is 16.5. The maximum absolute atomic E-state index is 11.9. The molecule has 0 bridgehead atoms. The summed E-state index contributed by atoms with van der Waals surface area (Å²) in [5.74, 6) is 0.923. The average Bonchev–Trinajstić information content (AvgIpc) is 3.08. The van der Waals surface area contributed by atoms with Crippen molar-refractivity contribution in [1.29, 1.82) is 0 Å². The molecule has 3 aromatic heterocycles. The number of fused-ring (bicyclic) bond motifs is 2. The summed E-state index contributed by atoms with van der Waals surface area (Å²) in [6.07, 6.45) is 6.40. The third-order valence-corrected chi connectivity index (χ3v) is 5.56. The lowest BCUT2D eigenvalue weighted by Crippen LogP contribution is -2.32. The van der Waals surface area contributed by atoms with Crippen molar-refractivity contribution >= 4 is 23.1 Å². The molecule has 0 fully saturated rings. The van der Waals surface area contributed by atoms with E-state index in [0.717, 1.165) is 59.2 Å². The lowest BCUT2D eigenvalue weighted by molar-refractivity contribution is 0.0965. The maximum atomic E-state index is 11.9. The summed E-state index contributed by atoms with van der Waals surface area (Å²) >= 11 is 0. The number of aromatic nitrogens is 3. The standard InChI is InChI=1S/C22H22N6O/c1-13-7-17-20(11-25-22(17)29)27-21(13)28-6-4-19-15(12-28)8-16(10-24-19)26-18-3-5-23-9-14(18)2/h3,5,7-10H,4,6,11-12H2,1-2H3,(H,23,26)(H,25,29). The van der Waals surface area contributed by atoms with E-state index in [1.54, 1.807) is 6.20 Å². The summed E-state index contributed by atoms with van der Waals surface area (Å²) in [4.78, 5) is 27.8. The van der Waals surface area contributed by atoms with E-state index in [-0.39, 0.29) is 5.91 Å². The number of rotatable bonds is 3. The Morgan fingerprint density at radius 1 is 1.14 bits per heavy atom. The summed E-state index contributed by atoms with van der Waals surface area (Å²) in [6.45, 7) is 6.18. The minimum atomic E-state index is -0.0301. The number of nitrogens with one attached hydrogen (secondary N) is 2. The number of carbonyl (C=O) groups is 1. The van der Waals surface area contributed by atoms with Gasteiger partial charge in [0.15, 0.2) is 0 Å². The first kappa shape index (κ1) is 17.6. The van der Waals surface area contributed by atoms with E-state index in [1.165, 1.54) is 5.56 Å². The van der Waals surface area contributed by atoms with Crippen molar-refractivity contribution in [2.75, 3.05) is 16.8 Å². The lowest BCUT2D eigenvalue weighted by atomic mass is 10.0. The quantitative estimate of drug-likeness (QED) is 0.720. The van der Waals surface area contributed by atoms with Crippen LogP contribution in [-0.4, -0.2) is 27.4 Å². The lowest BCUT2D eigenvalue weighted by Gasteiger charge is -2.31. The number of pyridine rings is 3. The Morgan fingerprint density at radius 2 is 2.03 bits per heavy atom. The van der Waals surface area contributed by atoms with Crippen LogP contribution in [-0.2, 0) is 19.5 Å². The molecule has 0 spiro atoms. The molecule has 0 saturated heterocycles. The molecule has 0 atom stereocenters. The third-order valence-electron chi connectivity index (χ3n) is 5.56. The topological polar surface area (TPSA) is 83.0 Å². The van der Waals surface area contributed by atoms with Crippen LogP contribution in [0.5, 0.6) is 0 Å². The van der Waals surface area contributed by atoms with Gasteiger partial charge in [0.05, 0.1) is 29.7 Å². The van der Waals surface area contributed by atoms with Crippen LogP contribution in [0.1, 0.15) is 38.4 Å². The van der Waals surface area contributed by atoms with Crippen LogP contribution in [0.25, 0.3) is 0 Å². The Bertz CT molecular complexity index is 1130. The molecule has 0 saturated carbocycles. The van der Waals surface area contributed by atoms with Gasteiger partial charge >= 0.3 is 0 Å². The van der Waals surface area contributed by atoms with Crippen molar-refractivity contribution in [3.8, 4) is 0 Å². The number of anilines is 3. The molecule has 0 unspecified atom stereocenters. The van der Waals surface area contributed by atoms with E-state index >= 15 is 0 Å². The monoisotopic (exact) mass is 386 g/mol. The minimum Gasteiger partial charge on any atom is -0.354 e. The fourth-order valence-electron chi connectivity index (χ4n) is 4.00. The molecule has 1 amide bonds. The van der Waals surface area contributed by atoms with Gasteiger partial charge in [-0.3, -0.25) is 14.8 Å². The smallest absolute Gasteiger partial charge is 0.253 e. The zero-order chi connectivity index (χ0) is 20.0. The highest BCUT2D eigenvalue weighted by atomic mass is 16.1. The highest BCUT2D eigenvalue weighted by Gasteiger charge is 2.25. The van der Waals surface area contributed by atoms with Gasteiger partial charge in [-0.1, -0.05) is 0 Å².